The van der Waals surface area contributed by atoms with Crippen LogP contribution in [0.1, 0.15) is 28.1 Å². The zero-order valence-corrected chi connectivity index (χ0v) is 13.2. The molecule has 2 N–H and O–H groups in total. The van der Waals surface area contributed by atoms with Gasteiger partial charge in [0.1, 0.15) is 5.54 Å². The summed E-state index contributed by atoms with van der Waals surface area (Å²) < 4.78 is 6.16. The fourth-order valence-electron chi connectivity index (χ4n) is 2.88. The minimum atomic E-state index is -1.21. The fourth-order valence-corrected chi connectivity index (χ4v) is 3.98. The molecule has 0 bridgehead atoms. The van der Waals surface area contributed by atoms with Gasteiger partial charge in [0, 0.05) is 24.7 Å². The number of carboxylic acids is 1. The fraction of sp³-hybridized carbons (Fsp3) is 0.375. The molecule has 1 aromatic heterocycles. The third kappa shape index (κ3) is 2.28. The smallest absolute Gasteiger partial charge is 0.329 e. The van der Waals surface area contributed by atoms with Gasteiger partial charge in [-0.2, -0.15) is 0 Å². The molecular formula is C16H17NO4S. The highest BCUT2D eigenvalue weighted by molar-refractivity contribution is 7.21. The number of thiophene rings is 1. The van der Waals surface area contributed by atoms with Crippen molar-refractivity contribution in [1.29, 1.82) is 0 Å². The van der Waals surface area contributed by atoms with E-state index in [9.17, 15) is 14.7 Å². The number of carbonyl (C=O) groups excluding carboxylic acids is 1. The van der Waals surface area contributed by atoms with Crippen molar-refractivity contribution in [2.45, 2.75) is 31.4 Å². The average molecular weight is 319 g/mol. The Bertz CT molecular complexity index is 746. The lowest BCUT2D eigenvalue weighted by molar-refractivity contribution is -0.155. The van der Waals surface area contributed by atoms with Gasteiger partial charge in [-0.1, -0.05) is 18.2 Å². The van der Waals surface area contributed by atoms with E-state index in [1.165, 1.54) is 11.3 Å². The van der Waals surface area contributed by atoms with Gasteiger partial charge in [-0.3, -0.25) is 4.79 Å². The second-order valence-corrected chi connectivity index (χ2v) is 6.71. The summed E-state index contributed by atoms with van der Waals surface area (Å²) in [7, 11) is 1.55. The van der Waals surface area contributed by atoms with Crippen LogP contribution in [0.5, 0.6) is 0 Å². The van der Waals surface area contributed by atoms with Crippen LogP contribution in [0.2, 0.25) is 0 Å². The molecule has 1 aliphatic carbocycles. The highest BCUT2D eigenvalue weighted by Gasteiger charge is 2.52. The molecular weight excluding hydrogens is 302 g/mol. The van der Waals surface area contributed by atoms with E-state index in [1.807, 2.05) is 31.2 Å². The number of benzene rings is 1. The standard InChI is InChI=1S/C16H17NO4S/c1-9-11-5-3-4-6-12(11)22-13(9)14(18)17-16(15(19)20)7-10(8-16)21-2/h3-6,10H,7-8H2,1-2H3,(H,17,18)(H,19,20). The van der Waals surface area contributed by atoms with Crippen molar-refractivity contribution in [3.63, 3.8) is 0 Å². The molecule has 1 amide bonds. The van der Waals surface area contributed by atoms with Crippen molar-refractivity contribution in [3.05, 3.63) is 34.7 Å². The van der Waals surface area contributed by atoms with E-state index < -0.39 is 11.5 Å². The van der Waals surface area contributed by atoms with E-state index >= 15 is 0 Å². The monoisotopic (exact) mass is 319 g/mol. The summed E-state index contributed by atoms with van der Waals surface area (Å²) in [6.45, 7) is 1.89. The SMILES string of the molecule is COC1CC(NC(=O)c2sc3ccccc3c2C)(C(=O)O)C1. The van der Waals surface area contributed by atoms with Crippen LogP contribution in [0.3, 0.4) is 0 Å². The molecule has 22 heavy (non-hydrogen) atoms. The van der Waals surface area contributed by atoms with Crippen molar-refractivity contribution in [2.75, 3.05) is 7.11 Å². The summed E-state index contributed by atoms with van der Waals surface area (Å²) in [5, 5.41) is 13.2. The highest BCUT2D eigenvalue weighted by Crippen LogP contribution is 2.36. The number of amides is 1. The number of methoxy groups -OCH3 is 1. The number of hydrogen-bond acceptors (Lipinski definition) is 4. The summed E-state index contributed by atoms with van der Waals surface area (Å²) in [5.41, 5.74) is -0.318. The van der Waals surface area contributed by atoms with E-state index in [0.717, 1.165) is 15.6 Å². The molecule has 1 heterocycles. The van der Waals surface area contributed by atoms with Gasteiger partial charge >= 0.3 is 5.97 Å². The average Bonchev–Trinajstić information content (AvgIpc) is 2.79. The molecule has 2 aromatic rings. The van der Waals surface area contributed by atoms with Crippen LogP contribution in [0.25, 0.3) is 10.1 Å². The number of aryl methyl sites for hydroxylation is 1. The Morgan fingerprint density at radius 3 is 2.64 bits per heavy atom. The number of ether oxygens (including phenoxy) is 1. The number of rotatable bonds is 4. The van der Waals surface area contributed by atoms with Crippen LogP contribution in [0, 0.1) is 6.92 Å². The number of aliphatic carboxylic acids is 1. The first-order valence-electron chi connectivity index (χ1n) is 7.04. The van der Waals surface area contributed by atoms with Gasteiger partial charge < -0.3 is 15.2 Å². The van der Waals surface area contributed by atoms with Crippen molar-refractivity contribution in [3.8, 4) is 0 Å². The number of carbonyl (C=O) groups is 2. The second-order valence-electron chi connectivity index (χ2n) is 5.66. The molecule has 0 radical (unpaired) electrons. The third-order valence-electron chi connectivity index (χ3n) is 4.30. The lowest BCUT2D eigenvalue weighted by Gasteiger charge is -2.43. The van der Waals surface area contributed by atoms with Crippen molar-refractivity contribution in [1.82, 2.24) is 5.32 Å². The molecule has 0 saturated heterocycles. The Morgan fingerprint density at radius 1 is 1.36 bits per heavy atom. The van der Waals surface area contributed by atoms with Crippen molar-refractivity contribution < 1.29 is 19.4 Å². The van der Waals surface area contributed by atoms with Crippen LogP contribution >= 0.6 is 11.3 Å². The predicted octanol–water partition coefficient (Wildman–Crippen LogP) is 2.57. The Hall–Kier alpha value is -1.92. The first kappa shape index (κ1) is 15.0. The summed E-state index contributed by atoms with van der Waals surface area (Å²) in [6.07, 6.45) is 0.489. The molecule has 1 saturated carbocycles. The molecule has 0 unspecified atom stereocenters. The normalized spacial score (nSPS) is 24.0. The van der Waals surface area contributed by atoms with Crippen molar-refractivity contribution in [2.24, 2.45) is 0 Å². The lowest BCUT2D eigenvalue weighted by Crippen LogP contribution is -2.64. The van der Waals surface area contributed by atoms with Gasteiger partial charge in [0.15, 0.2) is 0 Å². The summed E-state index contributed by atoms with van der Waals surface area (Å²) in [4.78, 5) is 24.6. The Labute approximate surface area is 131 Å². The third-order valence-corrected chi connectivity index (χ3v) is 5.57. The van der Waals surface area contributed by atoms with Crippen LogP contribution in [0.4, 0.5) is 0 Å². The molecule has 1 fully saturated rings. The van der Waals surface area contributed by atoms with Crippen LogP contribution in [0.15, 0.2) is 24.3 Å². The number of fused-ring (bicyclic) bond motifs is 1. The molecule has 0 spiro atoms. The van der Waals surface area contributed by atoms with E-state index in [1.54, 1.807) is 7.11 Å². The first-order valence-corrected chi connectivity index (χ1v) is 7.85. The maximum atomic E-state index is 12.5. The molecule has 0 atom stereocenters. The molecule has 116 valence electrons. The van der Waals surface area contributed by atoms with Gasteiger partial charge in [0.2, 0.25) is 0 Å². The quantitative estimate of drug-likeness (QED) is 0.908. The molecule has 6 heteroatoms. The maximum Gasteiger partial charge on any atom is 0.329 e. The lowest BCUT2D eigenvalue weighted by atomic mass is 9.74. The number of hydrogen-bond donors (Lipinski definition) is 2. The first-order chi connectivity index (χ1) is 10.5. The maximum absolute atomic E-state index is 12.5. The van der Waals surface area contributed by atoms with Gasteiger partial charge in [-0.15, -0.1) is 11.3 Å². The second kappa shape index (κ2) is 5.37. The largest absolute Gasteiger partial charge is 0.480 e. The van der Waals surface area contributed by atoms with Gasteiger partial charge in [-0.05, 0) is 23.9 Å². The summed E-state index contributed by atoms with van der Waals surface area (Å²) in [5.74, 6) is -1.33. The minimum Gasteiger partial charge on any atom is -0.480 e. The molecule has 0 aliphatic heterocycles. The predicted molar refractivity (Wildman–Crippen MR) is 84.4 cm³/mol. The molecule has 5 nitrogen and oxygen atoms in total. The van der Waals surface area contributed by atoms with Crippen molar-refractivity contribution >= 4 is 33.3 Å². The number of carboxylic acid groups (broad SMARTS) is 1. The van der Waals surface area contributed by atoms with Crippen LogP contribution in [-0.4, -0.2) is 35.7 Å². The molecule has 3 rings (SSSR count). The zero-order chi connectivity index (χ0) is 15.9. The summed E-state index contributed by atoms with van der Waals surface area (Å²) in [6, 6.07) is 7.78. The van der Waals surface area contributed by atoms with E-state index in [2.05, 4.69) is 5.32 Å². The molecule has 1 aromatic carbocycles. The minimum absolute atomic E-state index is 0.111. The Kier molecular flexibility index (Phi) is 3.66. The number of nitrogens with one attached hydrogen (secondary N) is 1. The Morgan fingerprint density at radius 2 is 2.05 bits per heavy atom. The van der Waals surface area contributed by atoms with Gasteiger partial charge in [0.05, 0.1) is 11.0 Å². The van der Waals surface area contributed by atoms with Gasteiger partial charge in [-0.25, -0.2) is 4.79 Å². The van der Waals surface area contributed by atoms with E-state index in [-0.39, 0.29) is 12.0 Å². The molecule has 1 aliphatic rings. The van der Waals surface area contributed by atoms with Gasteiger partial charge in [0.25, 0.3) is 5.91 Å². The topological polar surface area (TPSA) is 75.6 Å². The summed E-state index contributed by atoms with van der Waals surface area (Å²) >= 11 is 1.39. The van der Waals surface area contributed by atoms with E-state index in [4.69, 9.17) is 4.74 Å². The highest BCUT2D eigenvalue weighted by atomic mass is 32.1. The van der Waals surface area contributed by atoms with Crippen LogP contribution in [-0.2, 0) is 9.53 Å². The van der Waals surface area contributed by atoms with E-state index in [0.29, 0.717) is 17.7 Å². The zero-order valence-electron chi connectivity index (χ0n) is 12.4. The van der Waals surface area contributed by atoms with Crippen LogP contribution < -0.4 is 5.32 Å². The Balaban J connectivity index is 1.87.